The van der Waals surface area contributed by atoms with E-state index in [9.17, 15) is 14.7 Å². The zero-order chi connectivity index (χ0) is 19.4. The van der Waals surface area contributed by atoms with Crippen molar-refractivity contribution in [2.75, 3.05) is 19.8 Å². The molecule has 6 heteroatoms. The van der Waals surface area contributed by atoms with Gasteiger partial charge in [-0.25, -0.2) is 0 Å². The summed E-state index contributed by atoms with van der Waals surface area (Å²) in [6, 6.07) is 14.3. The smallest absolute Gasteiger partial charge is 0.312 e. The summed E-state index contributed by atoms with van der Waals surface area (Å²) >= 11 is 0. The Morgan fingerprint density at radius 1 is 1.07 bits per heavy atom. The Hall–Kier alpha value is -3.02. The van der Waals surface area contributed by atoms with E-state index in [4.69, 9.17) is 9.47 Å². The Kier molecular flexibility index (Phi) is 5.35. The summed E-state index contributed by atoms with van der Waals surface area (Å²) in [4.78, 5) is 24.4. The number of carboxylic acid groups (broad SMARTS) is 1. The average Bonchev–Trinajstić information content (AvgIpc) is 2.68. The first-order chi connectivity index (χ1) is 12.9. The highest BCUT2D eigenvalue weighted by Gasteiger charge is 2.32. The van der Waals surface area contributed by atoms with E-state index in [-0.39, 0.29) is 12.5 Å². The van der Waals surface area contributed by atoms with Crippen LogP contribution in [0.1, 0.15) is 30.9 Å². The lowest BCUT2D eigenvalue weighted by Crippen LogP contribution is -2.42. The largest absolute Gasteiger partial charge is 0.486 e. The molecular weight excluding hydrogens is 346 g/mol. The lowest BCUT2D eigenvalue weighted by Gasteiger charge is -2.27. The maximum Gasteiger partial charge on any atom is 0.312 e. The highest BCUT2D eigenvalue weighted by molar-refractivity contribution is 5.88. The number of amides is 1. The normalized spacial score (nSPS) is 14.3. The van der Waals surface area contributed by atoms with E-state index in [1.807, 2.05) is 12.1 Å². The van der Waals surface area contributed by atoms with E-state index in [0.29, 0.717) is 30.3 Å². The number of carbonyl (C=O) groups excluding carboxylic acids is 1. The van der Waals surface area contributed by atoms with Crippen LogP contribution in [0.2, 0.25) is 0 Å². The fourth-order valence-electron chi connectivity index (χ4n) is 3.01. The molecular formula is C21H23NO5. The Labute approximate surface area is 158 Å². The Morgan fingerprint density at radius 3 is 2.41 bits per heavy atom. The zero-order valence-electron chi connectivity index (χ0n) is 15.4. The second-order valence-electron chi connectivity index (χ2n) is 6.99. The standard InChI is InChI=1S/C21H23NO5/c1-21(2,15-8-9-17-18(12-15)27-11-10-26-17)20(25)22-13-16(19(23)24)14-6-4-3-5-7-14/h3-9,12,16H,10-11,13H2,1-2H3,(H,22,25)(H,23,24). The number of aliphatic carboxylic acids is 1. The molecule has 2 aromatic rings. The van der Waals surface area contributed by atoms with Crippen molar-refractivity contribution in [1.82, 2.24) is 5.32 Å². The number of carbonyl (C=O) groups is 2. The Bertz CT molecular complexity index is 832. The zero-order valence-corrected chi connectivity index (χ0v) is 15.4. The second kappa shape index (κ2) is 7.70. The third-order valence-corrected chi connectivity index (χ3v) is 4.80. The minimum Gasteiger partial charge on any atom is -0.486 e. The molecule has 0 aliphatic carbocycles. The first-order valence-corrected chi connectivity index (χ1v) is 8.86. The molecule has 0 fully saturated rings. The fraction of sp³-hybridized carbons (Fsp3) is 0.333. The number of nitrogens with one attached hydrogen (secondary N) is 1. The van der Waals surface area contributed by atoms with E-state index in [1.165, 1.54) is 0 Å². The molecule has 2 aromatic carbocycles. The van der Waals surface area contributed by atoms with Gasteiger partial charge in [-0.3, -0.25) is 9.59 Å². The van der Waals surface area contributed by atoms with E-state index < -0.39 is 17.3 Å². The maximum absolute atomic E-state index is 12.8. The van der Waals surface area contributed by atoms with Crippen molar-refractivity contribution in [1.29, 1.82) is 0 Å². The number of fused-ring (bicyclic) bond motifs is 1. The Morgan fingerprint density at radius 2 is 1.74 bits per heavy atom. The molecule has 0 saturated carbocycles. The van der Waals surface area contributed by atoms with Gasteiger partial charge in [-0.05, 0) is 37.1 Å². The number of hydrogen-bond donors (Lipinski definition) is 2. The van der Waals surface area contributed by atoms with Crippen LogP contribution in [0.25, 0.3) is 0 Å². The van der Waals surface area contributed by atoms with Crippen LogP contribution < -0.4 is 14.8 Å². The van der Waals surface area contributed by atoms with E-state index in [2.05, 4.69) is 5.32 Å². The minimum absolute atomic E-state index is 0.0200. The van der Waals surface area contributed by atoms with Gasteiger partial charge in [0.25, 0.3) is 0 Å². The molecule has 1 atom stereocenters. The molecule has 0 saturated heterocycles. The molecule has 0 spiro atoms. The van der Waals surface area contributed by atoms with Crippen LogP contribution in [0.4, 0.5) is 0 Å². The van der Waals surface area contributed by atoms with E-state index in [1.54, 1.807) is 50.2 Å². The number of carboxylic acids is 1. The summed E-state index contributed by atoms with van der Waals surface area (Å²) in [6.45, 7) is 4.59. The molecule has 2 N–H and O–H groups in total. The first-order valence-electron chi connectivity index (χ1n) is 8.86. The van der Waals surface area contributed by atoms with Crippen molar-refractivity contribution in [3.05, 3.63) is 59.7 Å². The van der Waals surface area contributed by atoms with Gasteiger partial charge in [-0.2, -0.15) is 0 Å². The van der Waals surface area contributed by atoms with Gasteiger partial charge in [-0.15, -0.1) is 0 Å². The molecule has 0 radical (unpaired) electrons. The molecule has 1 unspecified atom stereocenters. The minimum atomic E-state index is -0.973. The number of rotatable bonds is 6. The predicted octanol–water partition coefficient (Wildman–Crippen LogP) is 2.72. The SMILES string of the molecule is CC(C)(C(=O)NCC(C(=O)O)c1ccccc1)c1ccc2c(c1)OCCO2. The van der Waals surface area contributed by atoms with Gasteiger partial charge in [0.2, 0.25) is 5.91 Å². The summed E-state index contributed by atoms with van der Waals surface area (Å²) in [7, 11) is 0. The summed E-state index contributed by atoms with van der Waals surface area (Å²) < 4.78 is 11.1. The van der Waals surface area contributed by atoms with Crippen LogP contribution in [0.5, 0.6) is 11.5 Å². The van der Waals surface area contributed by atoms with Crippen molar-refractivity contribution in [2.24, 2.45) is 0 Å². The summed E-state index contributed by atoms with van der Waals surface area (Å²) in [5.74, 6) is -0.741. The fourth-order valence-corrected chi connectivity index (χ4v) is 3.01. The molecule has 1 heterocycles. The molecule has 3 rings (SSSR count). The van der Waals surface area contributed by atoms with Gasteiger partial charge in [0.05, 0.1) is 11.3 Å². The number of hydrogen-bond acceptors (Lipinski definition) is 4. The molecule has 0 aromatic heterocycles. The van der Waals surface area contributed by atoms with Crippen molar-refractivity contribution in [2.45, 2.75) is 25.2 Å². The summed E-state index contributed by atoms with van der Waals surface area (Å²) in [5, 5.41) is 12.3. The highest BCUT2D eigenvalue weighted by atomic mass is 16.6. The third-order valence-electron chi connectivity index (χ3n) is 4.80. The molecule has 1 aliphatic heterocycles. The van der Waals surface area contributed by atoms with E-state index in [0.717, 1.165) is 5.56 Å². The van der Waals surface area contributed by atoms with Gasteiger partial charge in [0.15, 0.2) is 11.5 Å². The molecule has 0 bridgehead atoms. The maximum atomic E-state index is 12.8. The van der Waals surface area contributed by atoms with Crippen molar-refractivity contribution in [3.8, 4) is 11.5 Å². The number of ether oxygens (including phenoxy) is 2. The molecule has 6 nitrogen and oxygen atoms in total. The lowest BCUT2D eigenvalue weighted by molar-refractivity contribution is -0.138. The van der Waals surface area contributed by atoms with Crippen LogP contribution in [0.3, 0.4) is 0 Å². The van der Waals surface area contributed by atoms with Gasteiger partial charge in [-0.1, -0.05) is 36.4 Å². The molecule has 27 heavy (non-hydrogen) atoms. The topological polar surface area (TPSA) is 84.9 Å². The van der Waals surface area contributed by atoms with Crippen LogP contribution in [0, 0.1) is 0 Å². The summed E-state index contributed by atoms with van der Waals surface area (Å²) in [6.07, 6.45) is 0. The van der Waals surface area contributed by atoms with Gasteiger partial charge < -0.3 is 19.9 Å². The van der Waals surface area contributed by atoms with Gasteiger partial charge in [0.1, 0.15) is 13.2 Å². The average molecular weight is 369 g/mol. The van der Waals surface area contributed by atoms with Gasteiger partial charge >= 0.3 is 5.97 Å². The highest BCUT2D eigenvalue weighted by Crippen LogP contribution is 2.35. The van der Waals surface area contributed by atoms with Crippen molar-refractivity contribution >= 4 is 11.9 Å². The van der Waals surface area contributed by atoms with Gasteiger partial charge in [0, 0.05) is 6.54 Å². The van der Waals surface area contributed by atoms with Crippen molar-refractivity contribution < 1.29 is 24.2 Å². The van der Waals surface area contributed by atoms with Crippen molar-refractivity contribution in [3.63, 3.8) is 0 Å². The summed E-state index contributed by atoms with van der Waals surface area (Å²) in [5.41, 5.74) is 0.577. The lowest BCUT2D eigenvalue weighted by atomic mass is 9.83. The molecule has 1 amide bonds. The predicted molar refractivity (Wildman–Crippen MR) is 100 cm³/mol. The monoisotopic (exact) mass is 369 g/mol. The van der Waals surface area contributed by atoms with Crippen LogP contribution in [-0.4, -0.2) is 36.7 Å². The van der Waals surface area contributed by atoms with E-state index >= 15 is 0 Å². The molecule has 142 valence electrons. The van der Waals surface area contributed by atoms with Crippen LogP contribution >= 0.6 is 0 Å². The third kappa shape index (κ3) is 4.05. The second-order valence-corrected chi connectivity index (χ2v) is 6.99. The quantitative estimate of drug-likeness (QED) is 0.818. The number of benzene rings is 2. The van der Waals surface area contributed by atoms with Crippen LogP contribution in [-0.2, 0) is 15.0 Å². The Balaban J connectivity index is 1.73. The van der Waals surface area contributed by atoms with Crippen LogP contribution in [0.15, 0.2) is 48.5 Å². The molecule has 1 aliphatic rings. The first kappa shape index (κ1) is 18.8.